The van der Waals surface area contributed by atoms with E-state index in [1.165, 1.54) is 17.0 Å². The first-order chi connectivity index (χ1) is 14.0. The summed E-state index contributed by atoms with van der Waals surface area (Å²) in [6.45, 7) is 0. The van der Waals surface area contributed by atoms with Gasteiger partial charge in [0.2, 0.25) is 0 Å². The normalized spacial score (nSPS) is 13.6. The number of nitrogen functional groups attached to an aromatic ring is 1. The lowest BCUT2D eigenvalue weighted by Gasteiger charge is -2.37. The standard InChI is InChI=1S/C21H19F2N5O/c22-14-10-13(11-15(23)12-14)18-8-7-17(24)20(26-18)28(16-4-3-5-16)21(29)27-19-6-1-2-9-25-19/h1-2,6-12,16H,3-5,24H2,(H,25,27,29). The Bertz CT molecular complexity index is 1020. The second-order valence-electron chi connectivity index (χ2n) is 6.87. The molecule has 0 unspecified atom stereocenters. The fourth-order valence-electron chi connectivity index (χ4n) is 3.20. The zero-order valence-corrected chi connectivity index (χ0v) is 15.5. The summed E-state index contributed by atoms with van der Waals surface area (Å²) >= 11 is 0. The van der Waals surface area contributed by atoms with Gasteiger partial charge in [0, 0.05) is 23.9 Å². The monoisotopic (exact) mass is 395 g/mol. The molecule has 1 aromatic carbocycles. The molecule has 2 heterocycles. The number of nitrogens with zero attached hydrogens (tertiary/aromatic N) is 3. The molecule has 6 nitrogen and oxygen atoms in total. The van der Waals surface area contributed by atoms with Crippen LogP contribution in [-0.2, 0) is 0 Å². The first-order valence-electron chi connectivity index (χ1n) is 9.25. The van der Waals surface area contributed by atoms with Crippen LogP contribution in [0.25, 0.3) is 11.3 Å². The van der Waals surface area contributed by atoms with Crippen LogP contribution in [0.3, 0.4) is 0 Å². The van der Waals surface area contributed by atoms with Crippen molar-refractivity contribution >= 4 is 23.4 Å². The van der Waals surface area contributed by atoms with E-state index in [0.29, 0.717) is 17.2 Å². The molecule has 1 saturated carbocycles. The summed E-state index contributed by atoms with van der Waals surface area (Å²) < 4.78 is 27.3. The lowest BCUT2D eigenvalue weighted by atomic mass is 9.91. The Morgan fingerprint density at radius 1 is 1.10 bits per heavy atom. The van der Waals surface area contributed by atoms with Crippen molar-refractivity contribution in [2.24, 2.45) is 0 Å². The number of rotatable bonds is 4. The van der Waals surface area contributed by atoms with Crippen LogP contribution in [0.15, 0.2) is 54.7 Å². The van der Waals surface area contributed by atoms with E-state index in [4.69, 9.17) is 5.73 Å². The average molecular weight is 395 g/mol. The van der Waals surface area contributed by atoms with Crippen molar-refractivity contribution in [1.82, 2.24) is 9.97 Å². The lowest BCUT2D eigenvalue weighted by molar-refractivity contribution is 0.249. The molecular weight excluding hydrogens is 376 g/mol. The zero-order chi connectivity index (χ0) is 20.4. The molecule has 2 aromatic heterocycles. The van der Waals surface area contributed by atoms with Crippen molar-refractivity contribution in [3.63, 3.8) is 0 Å². The number of carbonyl (C=O) groups is 1. The summed E-state index contributed by atoms with van der Waals surface area (Å²) in [7, 11) is 0. The fraction of sp³-hybridized carbons (Fsp3) is 0.190. The largest absolute Gasteiger partial charge is 0.396 e. The molecule has 0 saturated heterocycles. The average Bonchev–Trinajstić information content (AvgIpc) is 2.65. The quantitative estimate of drug-likeness (QED) is 0.676. The number of aromatic nitrogens is 2. The second-order valence-corrected chi connectivity index (χ2v) is 6.87. The van der Waals surface area contributed by atoms with E-state index in [1.54, 1.807) is 36.5 Å². The van der Waals surface area contributed by atoms with E-state index in [0.717, 1.165) is 25.3 Å². The van der Waals surface area contributed by atoms with Gasteiger partial charge in [-0.25, -0.2) is 23.5 Å². The number of hydrogen-bond donors (Lipinski definition) is 2. The summed E-state index contributed by atoms with van der Waals surface area (Å²) in [6.07, 6.45) is 4.20. The van der Waals surface area contributed by atoms with Crippen LogP contribution >= 0.6 is 0 Å². The highest BCUT2D eigenvalue weighted by molar-refractivity contribution is 6.03. The Labute approximate surface area is 166 Å². The van der Waals surface area contributed by atoms with Crippen molar-refractivity contribution in [1.29, 1.82) is 0 Å². The first kappa shape index (κ1) is 18.8. The SMILES string of the molecule is Nc1ccc(-c2cc(F)cc(F)c2)nc1N(C(=O)Nc1ccccn1)C1CCC1. The van der Waals surface area contributed by atoms with E-state index in [9.17, 15) is 13.6 Å². The molecule has 1 fully saturated rings. The van der Waals surface area contributed by atoms with Gasteiger partial charge in [0.05, 0.1) is 11.4 Å². The molecule has 148 valence electrons. The molecule has 3 aromatic rings. The molecule has 8 heteroatoms. The zero-order valence-electron chi connectivity index (χ0n) is 15.5. The predicted molar refractivity (Wildman–Crippen MR) is 107 cm³/mol. The molecule has 3 N–H and O–H groups in total. The number of pyridine rings is 2. The van der Waals surface area contributed by atoms with Crippen molar-refractivity contribution in [2.75, 3.05) is 16.0 Å². The van der Waals surface area contributed by atoms with E-state index < -0.39 is 17.7 Å². The minimum Gasteiger partial charge on any atom is -0.396 e. The Balaban J connectivity index is 1.71. The molecule has 1 aliphatic carbocycles. The summed E-state index contributed by atoms with van der Waals surface area (Å²) in [5.74, 6) is -0.748. The molecule has 1 aliphatic rings. The van der Waals surface area contributed by atoms with Gasteiger partial charge in [-0.2, -0.15) is 0 Å². The van der Waals surface area contributed by atoms with Gasteiger partial charge in [-0.1, -0.05) is 6.07 Å². The maximum atomic E-state index is 13.6. The van der Waals surface area contributed by atoms with E-state index in [1.807, 2.05) is 0 Å². The number of anilines is 3. The Morgan fingerprint density at radius 2 is 1.86 bits per heavy atom. The van der Waals surface area contributed by atoms with Gasteiger partial charge in [0.15, 0.2) is 5.82 Å². The van der Waals surface area contributed by atoms with Gasteiger partial charge in [0.25, 0.3) is 0 Å². The lowest BCUT2D eigenvalue weighted by Crippen LogP contribution is -2.47. The number of carbonyl (C=O) groups excluding carboxylic acids is 1. The Hall–Kier alpha value is -3.55. The number of amides is 2. The number of benzene rings is 1. The number of nitrogens with one attached hydrogen (secondary N) is 1. The predicted octanol–water partition coefficient (Wildman–Crippen LogP) is 4.60. The molecule has 0 atom stereocenters. The van der Waals surface area contributed by atoms with Gasteiger partial charge < -0.3 is 5.73 Å². The fourth-order valence-corrected chi connectivity index (χ4v) is 3.20. The highest BCUT2D eigenvalue weighted by Crippen LogP contribution is 2.34. The maximum absolute atomic E-state index is 13.6. The number of halogens is 2. The van der Waals surface area contributed by atoms with Gasteiger partial charge >= 0.3 is 6.03 Å². The first-order valence-corrected chi connectivity index (χ1v) is 9.25. The van der Waals surface area contributed by atoms with Gasteiger partial charge in [-0.05, 0) is 55.7 Å². The number of urea groups is 1. The molecule has 4 rings (SSSR count). The Kier molecular flexibility index (Phi) is 5.07. The van der Waals surface area contributed by atoms with Crippen molar-refractivity contribution in [2.45, 2.75) is 25.3 Å². The van der Waals surface area contributed by atoms with Crippen LogP contribution in [0.5, 0.6) is 0 Å². The van der Waals surface area contributed by atoms with E-state index >= 15 is 0 Å². The van der Waals surface area contributed by atoms with Crippen LogP contribution in [-0.4, -0.2) is 22.0 Å². The van der Waals surface area contributed by atoms with Crippen molar-refractivity contribution < 1.29 is 13.6 Å². The third-order valence-corrected chi connectivity index (χ3v) is 4.85. The van der Waals surface area contributed by atoms with Crippen LogP contribution in [0.4, 0.5) is 30.9 Å². The van der Waals surface area contributed by atoms with E-state index in [-0.39, 0.29) is 17.4 Å². The number of hydrogen-bond acceptors (Lipinski definition) is 4. The third-order valence-electron chi connectivity index (χ3n) is 4.85. The third kappa shape index (κ3) is 4.01. The highest BCUT2D eigenvalue weighted by Gasteiger charge is 2.32. The summed E-state index contributed by atoms with van der Waals surface area (Å²) in [4.78, 5) is 23.1. The minimum atomic E-state index is -0.705. The topological polar surface area (TPSA) is 84.1 Å². The molecule has 2 amide bonds. The summed E-state index contributed by atoms with van der Waals surface area (Å²) in [5, 5.41) is 2.75. The van der Waals surface area contributed by atoms with Crippen LogP contribution in [0, 0.1) is 11.6 Å². The molecule has 0 radical (unpaired) electrons. The second kappa shape index (κ2) is 7.83. The number of nitrogens with two attached hydrogens (primary N) is 1. The van der Waals surface area contributed by atoms with Gasteiger partial charge in [0.1, 0.15) is 17.5 Å². The van der Waals surface area contributed by atoms with Crippen LogP contribution in [0.2, 0.25) is 0 Å². The van der Waals surface area contributed by atoms with Gasteiger partial charge in [-0.15, -0.1) is 0 Å². The van der Waals surface area contributed by atoms with Crippen molar-refractivity contribution in [3.8, 4) is 11.3 Å². The molecule has 0 aliphatic heterocycles. The smallest absolute Gasteiger partial charge is 0.328 e. The van der Waals surface area contributed by atoms with Crippen LogP contribution in [0.1, 0.15) is 19.3 Å². The van der Waals surface area contributed by atoms with E-state index in [2.05, 4.69) is 15.3 Å². The molecular formula is C21H19F2N5O. The Morgan fingerprint density at radius 3 is 2.48 bits per heavy atom. The molecule has 0 spiro atoms. The van der Waals surface area contributed by atoms with Crippen LogP contribution < -0.4 is 16.0 Å². The van der Waals surface area contributed by atoms with Crippen molar-refractivity contribution in [3.05, 3.63) is 66.4 Å². The van der Waals surface area contributed by atoms with Gasteiger partial charge in [-0.3, -0.25) is 10.2 Å². The molecule has 29 heavy (non-hydrogen) atoms. The molecule has 0 bridgehead atoms. The minimum absolute atomic E-state index is 0.0620. The maximum Gasteiger partial charge on any atom is 0.328 e. The highest BCUT2D eigenvalue weighted by atomic mass is 19.1. The summed E-state index contributed by atoms with van der Waals surface area (Å²) in [5.41, 5.74) is 7.02. The summed E-state index contributed by atoms with van der Waals surface area (Å²) in [6, 6.07) is 11.1.